The summed E-state index contributed by atoms with van der Waals surface area (Å²) in [6.45, 7) is 0.840. The number of aromatic amines is 1. The van der Waals surface area contributed by atoms with E-state index in [1.165, 1.54) is 17.8 Å². The Bertz CT molecular complexity index is 1220. The van der Waals surface area contributed by atoms with E-state index in [9.17, 15) is 33.4 Å². The second-order valence-electron chi connectivity index (χ2n) is 7.40. The minimum absolute atomic E-state index is 0.0237. The van der Waals surface area contributed by atoms with E-state index in [1.807, 2.05) is 0 Å². The highest BCUT2D eigenvalue weighted by molar-refractivity contribution is 7.66. The van der Waals surface area contributed by atoms with Gasteiger partial charge < -0.3 is 35.0 Å². The number of phosphoric acid groups is 3. The van der Waals surface area contributed by atoms with Gasteiger partial charge in [-0.1, -0.05) is 6.92 Å². The van der Waals surface area contributed by atoms with Crippen LogP contribution in [0.1, 0.15) is 25.8 Å². The molecular weight excluding hydrogens is 499 g/mol. The number of aliphatic hydroxyl groups excluding tert-OH is 1. The topological polar surface area (TPSA) is 270 Å². The molecule has 0 spiro atoms. The molecule has 2 aromatic heterocycles. The van der Waals surface area contributed by atoms with Crippen LogP contribution < -0.4 is 11.3 Å². The zero-order chi connectivity index (χ0) is 24.1. The number of aromatic nitrogens is 4. The first-order valence-corrected chi connectivity index (χ1v) is 13.2. The van der Waals surface area contributed by atoms with Crippen molar-refractivity contribution in [2.75, 3.05) is 12.3 Å². The van der Waals surface area contributed by atoms with Gasteiger partial charge in [-0.2, -0.15) is 13.6 Å². The van der Waals surface area contributed by atoms with Gasteiger partial charge in [0.05, 0.1) is 19.0 Å². The molecule has 0 saturated heterocycles. The van der Waals surface area contributed by atoms with E-state index < -0.39 is 53.2 Å². The molecule has 5 atom stereocenters. The maximum absolute atomic E-state index is 12.0. The number of hydrogen-bond donors (Lipinski definition) is 7. The van der Waals surface area contributed by atoms with Crippen LogP contribution in [0.25, 0.3) is 11.2 Å². The number of nitrogens with two attached hydrogens (primary N) is 1. The Kier molecular flexibility index (Phi) is 6.59. The summed E-state index contributed by atoms with van der Waals surface area (Å²) in [5.41, 5.74) is 4.02. The van der Waals surface area contributed by atoms with E-state index in [0.717, 1.165) is 0 Å². The molecule has 0 aliphatic heterocycles. The largest absolute Gasteiger partial charge is 0.490 e. The minimum Gasteiger partial charge on any atom is -0.392 e. The predicted octanol–water partition coefficient (Wildman–Crippen LogP) is -0.253. The predicted molar refractivity (Wildman–Crippen MR) is 105 cm³/mol. The molecule has 0 radical (unpaired) electrons. The van der Waals surface area contributed by atoms with Crippen molar-refractivity contribution >= 4 is 40.6 Å². The molecule has 8 N–H and O–H groups in total. The van der Waals surface area contributed by atoms with E-state index in [1.54, 1.807) is 0 Å². The Morgan fingerprint density at radius 1 is 1.25 bits per heavy atom. The van der Waals surface area contributed by atoms with Gasteiger partial charge in [-0.25, -0.2) is 18.7 Å². The van der Waals surface area contributed by atoms with Gasteiger partial charge >= 0.3 is 23.5 Å². The van der Waals surface area contributed by atoms with Crippen molar-refractivity contribution in [1.82, 2.24) is 19.5 Å². The molecule has 2 heterocycles. The Hall–Kier alpha value is -1.48. The molecule has 2 aromatic rings. The van der Waals surface area contributed by atoms with Crippen LogP contribution in [0.5, 0.6) is 0 Å². The van der Waals surface area contributed by atoms with Crippen LogP contribution in [-0.2, 0) is 26.8 Å². The summed E-state index contributed by atoms with van der Waals surface area (Å²) in [6, 6.07) is -0.474. The molecule has 1 fully saturated rings. The fourth-order valence-corrected chi connectivity index (χ4v) is 6.56. The second kappa shape index (κ2) is 8.38. The number of hydrogen-bond acceptors (Lipinski definition) is 11. The quantitative estimate of drug-likeness (QED) is 0.221. The zero-order valence-electron chi connectivity index (χ0n) is 16.2. The first-order valence-electron chi connectivity index (χ1n) is 8.69. The molecule has 2 unspecified atom stereocenters. The molecule has 17 nitrogen and oxygen atoms in total. The minimum atomic E-state index is -5.65. The van der Waals surface area contributed by atoms with Gasteiger partial charge in [0.25, 0.3) is 5.56 Å². The lowest BCUT2D eigenvalue weighted by molar-refractivity contribution is 0.0188. The summed E-state index contributed by atoms with van der Waals surface area (Å²) in [4.78, 5) is 58.2. The number of imidazole rings is 1. The molecule has 0 aromatic carbocycles. The number of aliphatic hydroxyl groups is 1. The van der Waals surface area contributed by atoms with Gasteiger partial charge in [-0.15, -0.1) is 0 Å². The average molecular weight is 519 g/mol. The van der Waals surface area contributed by atoms with E-state index in [2.05, 4.69) is 28.1 Å². The van der Waals surface area contributed by atoms with E-state index in [-0.39, 0.29) is 30.0 Å². The number of H-pyrrole nitrogens is 1. The summed E-state index contributed by atoms with van der Waals surface area (Å²) < 4.78 is 47.6. The van der Waals surface area contributed by atoms with Gasteiger partial charge in [0.15, 0.2) is 11.2 Å². The summed E-state index contributed by atoms with van der Waals surface area (Å²) in [7, 11) is -16.5. The molecule has 0 amide bonds. The molecule has 1 aliphatic carbocycles. The molecule has 20 heteroatoms. The summed E-state index contributed by atoms with van der Waals surface area (Å²) in [5.74, 6) is -0.141. The summed E-state index contributed by atoms with van der Waals surface area (Å²) in [6.07, 6.45) is 0.467. The highest BCUT2D eigenvalue weighted by Crippen LogP contribution is 2.66. The first kappa shape index (κ1) is 25.1. The summed E-state index contributed by atoms with van der Waals surface area (Å²) >= 11 is 0. The Labute approximate surface area is 178 Å². The van der Waals surface area contributed by atoms with Gasteiger partial charge in [0.1, 0.15) is 0 Å². The Morgan fingerprint density at radius 3 is 2.53 bits per heavy atom. The summed E-state index contributed by atoms with van der Waals surface area (Å²) in [5, 5.41) is 10.5. The number of nitrogens with one attached hydrogen (secondary N) is 1. The van der Waals surface area contributed by atoms with Crippen molar-refractivity contribution in [2.24, 2.45) is 5.41 Å². The van der Waals surface area contributed by atoms with Gasteiger partial charge in [0.2, 0.25) is 5.95 Å². The van der Waals surface area contributed by atoms with Crippen molar-refractivity contribution < 1.29 is 51.5 Å². The molecule has 180 valence electrons. The number of rotatable bonds is 8. The van der Waals surface area contributed by atoms with Crippen LogP contribution in [0, 0.1) is 5.41 Å². The van der Waals surface area contributed by atoms with E-state index >= 15 is 0 Å². The molecule has 1 aliphatic rings. The Morgan fingerprint density at radius 2 is 1.91 bits per heavy atom. The molecule has 0 bridgehead atoms. The van der Waals surface area contributed by atoms with Crippen molar-refractivity contribution in [3.8, 4) is 0 Å². The lowest BCUT2D eigenvalue weighted by atomic mass is 9.87. The highest BCUT2D eigenvalue weighted by Gasteiger charge is 2.47. The Balaban J connectivity index is 1.73. The van der Waals surface area contributed by atoms with Gasteiger partial charge in [-0.05, 0) is 12.8 Å². The average Bonchev–Trinajstić information content (AvgIpc) is 3.12. The lowest BCUT2D eigenvalue weighted by Gasteiger charge is -2.28. The number of phosphoric ester groups is 1. The lowest BCUT2D eigenvalue weighted by Crippen LogP contribution is -2.31. The number of nitrogen functional groups attached to an aromatic ring is 1. The molecular formula is C12H20N5O12P3. The number of nitrogens with zero attached hydrogens (tertiary/aromatic N) is 3. The molecule has 1 saturated carbocycles. The number of anilines is 1. The fraction of sp³-hybridized carbons (Fsp3) is 0.583. The maximum atomic E-state index is 12.0. The number of fused-ring (bicyclic) bond motifs is 1. The standard InChI is InChI=1S/C12H20N5O12P3/c1-12(4-27-31(23,24)29-32(25,26)28-30(20,21)22)3-6(2-7(12)18)17-5-14-8-9(17)15-11(13)16-10(8)19/h5-7,18H,2-4H2,1H3,(H,23,24)(H,25,26)(H2,20,21,22)(H3,13,15,16,19)/t6-,7-,12+/m0/s1. The molecule has 3 rings (SSSR count). The van der Waals surface area contributed by atoms with Crippen molar-refractivity contribution in [3.63, 3.8) is 0 Å². The van der Waals surface area contributed by atoms with E-state index in [4.69, 9.17) is 15.5 Å². The van der Waals surface area contributed by atoms with Crippen LogP contribution in [-0.4, -0.2) is 56.9 Å². The van der Waals surface area contributed by atoms with Crippen molar-refractivity contribution in [3.05, 3.63) is 16.7 Å². The van der Waals surface area contributed by atoms with Crippen LogP contribution in [0.3, 0.4) is 0 Å². The van der Waals surface area contributed by atoms with Crippen molar-refractivity contribution in [2.45, 2.75) is 31.9 Å². The second-order valence-corrected chi connectivity index (χ2v) is 11.8. The maximum Gasteiger partial charge on any atom is 0.490 e. The third kappa shape index (κ3) is 5.71. The monoisotopic (exact) mass is 519 g/mol. The SMILES string of the molecule is C[C@]1(COP(=O)(O)OP(=O)(O)OP(=O)(O)O)C[C@@H](n2cnc3c(=O)[nH]c(N)nc32)C[C@@H]1O. The van der Waals surface area contributed by atoms with Crippen LogP contribution in [0.4, 0.5) is 5.95 Å². The smallest absolute Gasteiger partial charge is 0.392 e. The normalized spacial score (nSPS) is 27.9. The van der Waals surface area contributed by atoms with Gasteiger partial charge in [0, 0.05) is 11.5 Å². The third-order valence-electron chi connectivity index (χ3n) is 4.82. The fourth-order valence-electron chi connectivity index (χ4n) is 3.41. The third-order valence-corrected chi connectivity index (χ3v) is 8.60. The van der Waals surface area contributed by atoms with Crippen LogP contribution >= 0.6 is 23.5 Å². The molecule has 32 heavy (non-hydrogen) atoms. The first-order chi connectivity index (χ1) is 14.5. The van der Waals surface area contributed by atoms with Crippen LogP contribution in [0.2, 0.25) is 0 Å². The van der Waals surface area contributed by atoms with Crippen LogP contribution in [0.15, 0.2) is 11.1 Å². The van der Waals surface area contributed by atoms with E-state index in [0.29, 0.717) is 0 Å². The highest BCUT2D eigenvalue weighted by atomic mass is 31.3. The zero-order valence-corrected chi connectivity index (χ0v) is 18.9. The van der Waals surface area contributed by atoms with Gasteiger partial charge in [-0.3, -0.25) is 14.3 Å². The van der Waals surface area contributed by atoms with Crippen molar-refractivity contribution in [1.29, 1.82) is 0 Å².